The van der Waals surface area contributed by atoms with E-state index in [9.17, 15) is 14.7 Å². The molecule has 9 nitrogen and oxygen atoms in total. The highest BCUT2D eigenvalue weighted by Gasteiger charge is 2.31. The molecule has 0 aromatic heterocycles. The van der Waals surface area contributed by atoms with Crippen LogP contribution in [0.5, 0.6) is 5.75 Å². The van der Waals surface area contributed by atoms with E-state index in [1.807, 2.05) is 56.3 Å². The smallest absolute Gasteiger partial charge is 0.323 e. The molecule has 9 heteroatoms. The van der Waals surface area contributed by atoms with E-state index in [1.54, 1.807) is 23.1 Å². The second-order valence-electron chi connectivity index (χ2n) is 14.3. The highest BCUT2D eigenvalue weighted by atomic mass is 16.5. The summed E-state index contributed by atoms with van der Waals surface area (Å²) in [5.41, 5.74) is 1.52. The third-order valence-electron chi connectivity index (χ3n) is 10.1. The van der Waals surface area contributed by atoms with Crippen molar-refractivity contribution in [2.45, 2.75) is 90.4 Å². The Morgan fingerprint density at radius 3 is 2.51 bits per heavy atom. The summed E-state index contributed by atoms with van der Waals surface area (Å²) in [5, 5.41) is 18.1. The number of rotatable bonds is 8. The fourth-order valence-corrected chi connectivity index (χ4v) is 7.27. The SMILES string of the molecule is C[C@H]1CCCCO[C@H](CN(C)CC2CCCCC2)[C@@H](C)CN([C@@H](C)CO)C(=O)c2cc(NC(=O)Nc3cccc4ccccc34)ccc2O1. The maximum absolute atomic E-state index is 14.5. The van der Waals surface area contributed by atoms with Crippen molar-refractivity contribution in [3.8, 4) is 5.75 Å². The number of hydrogen-bond acceptors (Lipinski definition) is 6. The number of aliphatic hydroxyl groups excluding tert-OH is 1. The molecule has 0 unspecified atom stereocenters. The molecule has 4 atom stereocenters. The number of hydrogen-bond donors (Lipinski definition) is 3. The Labute approximate surface area is 292 Å². The van der Waals surface area contributed by atoms with Crippen LogP contribution in [0, 0.1) is 11.8 Å². The van der Waals surface area contributed by atoms with Crippen molar-refractivity contribution in [2.24, 2.45) is 11.8 Å². The zero-order valence-corrected chi connectivity index (χ0v) is 29.8. The topological polar surface area (TPSA) is 103 Å². The monoisotopic (exact) mass is 672 g/mol. The van der Waals surface area contributed by atoms with Crippen molar-refractivity contribution in [1.82, 2.24) is 9.80 Å². The Morgan fingerprint density at radius 2 is 1.71 bits per heavy atom. The highest BCUT2D eigenvalue weighted by Crippen LogP contribution is 2.30. The standard InChI is InChI=1S/C40H56N4O5/c1-28-24-44(29(2)27-45)39(46)35-23-33(41-40(47)42-36-19-12-17-32-16-8-9-18-34(32)36)20-21-37(35)49-30(3)13-10-11-22-48-38(28)26-43(4)25-31-14-6-5-7-15-31/h8-9,12,16-21,23,28-31,38,45H,5-7,10-11,13-15,22,24-27H2,1-4H3,(H2,41,42,47)/t28-,29-,30-,38+/m0/s1. The Morgan fingerprint density at radius 1 is 0.959 bits per heavy atom. The molecule has 0 spiro atoms. The quantitative estimate of drug-likeness (QED) is 0.226. The van der Waals surface area contributed by atoms with E-state index in [4.69, 9.17) is 9.47 Å². The number of nitrogens with zero attached hydrogens (tertiary/aromatic N) is 2. The van der Waals surface area contributed by atoms with Gasteiger partial charge in [0.15, 0.2) is 0 Å². The Kier molecular flexibility index (Phi) is 13.3. The molecular formula is C40H56N4O5. The zero-order chi connectivity index (χ0) is 34.8. The molecule has 3 N–H and O–H groups in total. The Hall–Kier alpha value is -3.66. The minimum absolute atomic E-state index is 0.0192. The lowest BCUT2D eigenvalue weighted by atomic mass is 9.89. The van der Waals surface area contributed by atoms with Crippen molar-refractivity contribution < 1.29 is 24.2 Å². The summed E-state index contributed by atoms with van der Waals surface area (Å²) < 4.78 is 12.9. The van der Waals surface area contributed by atoms with Crippen LogP contribution in [-0.2, 0) is 4.74 Å². The van der Waals surface area contributed by atoms with Gasteiger partial charge in [0.05, 0.1) is 36.1 Å². The Bertz CT molecular complexity index is 1520. The minimum Gasteiger partial charge on any atom is -0.490 e. The van der Waals surface area contributed by atoms with Gasteiger partial charge in [0.25, 0.3) is 5.91 Å². The number of fused-ring (bicyclic) bond motifs is 2. The van der Waals surface area contributed by atoms with Gasteiger partial charge in [-0.25, -0.2) is 4.79 Å². The van der Waals surface area contributed by atoms with Gasteiger partial charge in [0.1, 0.15) is 5.75 Å². The maximum Gasteiger partial charge on any atom is 0.323 e. The molecule has 1 aliphatic carbocycles. The third-order valence-corrected chi connectivity index (χ3v) is 10.1. The number of amides is 3. The summed E-state index contributed by atoms with van der Waals surface area (Å²) in [6.45, 7) is 8.78. The number of aliphatic hydroxyl groups is 1. The first-order valence-corrected chi connectivity index (χ1v) is 18.3. The van der Waals surface area contributed by atoms with Gasteiger partial charge in [-0.15, -0.1) is 0 Å². The maximum atomic E-state index is 14.5. The number of anilines is 2. The van der Waals surface area contributed by atoms with Crippen molar-refractivity contribution >= 4 is 34.1 Å². The summed E-state index contributed by atoms with van der Waals surface area (Å²) in [6.07, 6.45) is 9.10. The molecule has 49 heavy (non-hydrogen) atoms. The zero-order valence-electron chi connectivity index (χ0n) is 29.8. The molecule has 266 valence electrons. The molecule has 1 heterocycles. The fraction of sp³-hybridized carbons (Fsp3) is 0.550. The number of urea groups is 1. The highest BCUT2D eigenvalue weighted by molar-refractivity contribution is 6.07. The van der Waals surface area contributed by atoms with Crippen molar-refractivity contribution in [3.05, 3.63) is 66.2 Å². The van der Waals surface area contributed by atoms with Gasteiger partial charge >= 0.3 is 6.03 Å². The molecule has 1 saturated carbocycles. The summed E-state index contributed by atoms with van der Waals surface area (Å²) in [6, 6.07) is 18.0. The van der Waals surface area contributed by atoms with Gasteiger partial charge < -0.3 is 35.0 Å². The van der Waals surface area contributed by atoms with Crippen molar-refractivity contribution in [1.29, 1.82) is 0 Å². The average Bonchev–Trinajstić information content (AvgIpc) is 3.10. The average molecular weight is 673 g/mol. The van der Waals surface area contributed by atoms with Gasteiger partial charge in [-0.05, 0) is 88.6 Å². The molecule has 0 bridgehead atoms. The van der Waals surface area contributed by atoms with Gasteiger partial charge in [0, 0.05) is 43.2 Å². The lowest BCUT2D eigenvalue weighted by Gasteiger charge is -2.36. The molecular weight excluding hydrogens is 616 g/mol. The second kappa shape index (κ2) is 17.8. The predicted molar refractivity (Wildman–Crippen MR) is 198 cm³/mol. The summed E-state index contributed by atoms with van der Waals surface area (Å²) >= 11 is 0. The van der Waals surface area contributed by atoms with Crippen LogP contribution in [0.15, 0.2) is 60.7 Å². The largest absolute Gasteiger partial charge is 0.490 e. The number of likely N-dealkylation sites (N-methyl/N-ethyl adjacent to an activating group) is 1. The van der Waals surface area contributed by atoms with Crippen LogP contribution < -0.4 is 15.4 Å². The fourth-order valence-electron chi connectivity index (χ4n) is 7.27. The molecule has 3 amide bonds. The molecule has 1 fully saturated rings. The third kappa shape index (κ3) is 10.2. The first kappa shape index (κ1) is 36.6. The van der Waals surface area contributed by atoms with Crippen LogP contribution in [0.25, 0.3) is 10.8 Å². The van der Waals surface area contributed by atoms with E-state index in [0.717, 1.165) is 49.0 Å². The van der Waals surface area contributed by atoms with Gasteiger partial charge in [-0.2, -0.15) is 0 Å². The lowest BCUT2D eigenvalue weighted by molar-refractivity contribution is -0.0190. The van der Waals surface area contributed by atoms with Gasteiger partial charge in [-0.3, -0.25) is 4.79 Å². The van der Waals surface area contributed by atoms with E-state index in [1.165, 1.54) is 32.1 Å². The summed E-state index contributed by atoms with van der Waals surface area (Å²) in [4.78, 5) is 31.8. The van der Waals surface area contributed by atoms with Crippen LogP contribution >= 0.6 is 0 Å². The number of ether oxygens (including phenoxy) is 2. The predicted octanol–water partition coefficient (Wildman–Crippen LogP) is 7.79. The normalized spacial score (nSPS) is 22.2. The number of carbonyl (C=O) groups excluding carboxylic acids is 2. The molecule has 5 rings (SSSR count). The minimum atomic E-state index is -0.431. The van der Waals surface area contributed by atoms with E-state index >= 15 is 0 Å². The molecule has 2 aliphatic rings. The Balaban J connectivity index is 1.37. The molecule has 3 aromatic carbocycles. The first-order chi connectivity index (χ1) is 23.7. The number of benzene rings is 3. The van der Waals surface area contributed by atoms with Crippen LogP contribution in [0.2, 0.25) is 0 Å². The molecule has 0 saturated heterocycles. The first-order valence-electron chi connectivity index (χ1n) is 18.3. The van der Waals surface area contributed by atoms with Crippen molar-refractivity contribution in [2.75, 3.05) is 50.5 Å². The van der Waals surface area contributed by atoms with Crippen LogP contribution in [0.4, 0.5) is 16.2 Å². The van der Waals surface area contributed by atoms with Crippen molar-refractivity contribution in [3.63, 3.8) is 0 Å². The van der Waals surface area contributed by atoms with E-state index in [2.05, 4.69) is 29.5 Å². The molecule has 3 aromatic rings. The van der Waals surface area contributed by atoms with Crippen LogP contribution in [0.3, 0.4) is 0 Å². The summed E-state index contributed by atoms with van der Waals surface area (Å²) in [5.74, 6) is 0.971. The van der Waals surface area contributed by atoms with E-state index < -0.39 is 12.1 Å². The summed E-state index contributed by atoms with van der Waals surface area (Å²) in [7, 11) is 2.19. The van der Waals surface area contributed by atoms with Crippen LogP contribution in [-0.4, -0.2) is 85.0 Å². The van der Waals surface area contributed by atoms with E-state index in [-0.39, 0.29) is 30.6 Å². The molecule has 0 radical (unpaired) electrons. The van der Waals surface area contributed by atoms with Gasteiger partial charge in [0.2, 0.25) is 0 Å². The van der Waals surface area contributed by atoms with E-state index in [0.29, 0.717) is 35.8 Å². The number of carbonyl (C=O) groups is 2. The van der Waals surface area contributed by atoms with Crippen LogP contribution in [0.1, 0.15) is 82.5 Å². The molecule has 1 aliphatic heterocycles. The lowest BCUT2D eigenvalue weighted by Crippen LogP contribution is -2.47. The number of nitrogens with one attached hydrogen (secondary N) is 2. The van der Waals surface area contributed by atoms with Gasteiger partial charge in [-0.1, -0.05) is 62.6 Å². The second-order valence-corrected chi connectivity index (χ2v) is 14.3.